The summed E-state index contributed by atoms with van der Waals surface area (Å²) in [5.41, 5.74) is 4.22. The summed E-state index contributed by atoms with van der Waals surface area (Å²) in [6.45, 7) is 7.46. The predicted molar refractivity (Wildman–Crippen MR) is 127 cm³/mol. The van der Waals surface area contributed by atoms with Gasteiger partial charge in [0.1, 0.15) is 5.75 Å². The molecule has 0 unspecified atom stereocenters. The number of aromatic nitrogens is 1. The van der Waals surface area contributed by atoms with Crippen molar-refractivity contribution in [1.29, 1.82) is 0 Å². The molecule has 170 valence electrons. The van der Waals surface area contributed by atoms with E-state index in [9.17, 15) is 13.6 Å². The largest absolute Gasteiger partial charge is 0.415 e. The van der Waals surface area contributed by atoms with Crippen LogP contribution in [0.3, 0.4) is 0 Å². The number of carbonyl (C=O) groups is 1. The van der Waals surface area contributed by atoms with Gasteiger partial charge < -0.3 is 14.2 Å². The fourth-order valence-corrected chi connectivity index (χ4v) is 4.07. The van der Waals surface area contributed by atoms with E-state index in [-0.39, 0.29) is 0 Å². The van der Waals surface area contributed by atoms with E-state index >= 15 is 0 Å². The Labute approximate surface area is 192 Å². The molecule has 0 aliphatic rings. The van der Waals surface area contributed by atoms with E-state index in [2.05, 4.69) is 29.7 Å². The molecule has 0 aliphatic heterocycles. The van der Waals surface area contributed by atoms with Crippen LogP contribution in [0, 0.1) is 18.6 Å². The van der Waals surface area contributed by atoms with Crippen molar-refractivity contribution in [3.63, 3.8) is 0 Å². The van der Waals surface area contributed by atoms with E-state index in [1.807, 2.05) is 38.2 Å². The lowest BCUT2D eigenvalue weighted by Gasteiger charge is -2.20. The smallest absolute Gasteiger partial charge is 0.410 e. The lowest BCUT2D eigenvalue weighted by molar-refractivity contribution is 0.157. The van der Waals surface area contributed by atoms with E-state index in [1.54, 1.807) is 11.0 Å². The molecule has 1 aromatic heterocycles. The zero-order valence-corrected chi connectivity index (χ0v) is 18.9. The first kappa shape index (κ1) is 22.5. The Morgan fingerprint density at radius 3 is 2.45 bits per heavy atom. The van der Waals surface area contributed by atoms with Crippen molar-refractivity contribution in [3.8, 4) is 16.9 Å². The molecule has 0 saturated heterocycles. The molecule has 1 heterocycles. The second-order valence-corrected chi connectivity index (χ2v) is 7.97. The van der Waals surface area contributed by atoms with Gasteiger partial charge in [-0.25, -0.2) is 13.6 Å². The molecule has 0 spiro atoms. The Hall–Kier alpha value is -3.67. The van der Waals surface area contributed by atoms with E-state index in [0.717, 1.165) is 28.6 Å². The van der Waals surface area contributed by atoms with Gasteiger partial charge in [0, 0.05) is 42.3 Å². The third-order valence-corrected chi connectivity index (χ3v) is 5.78. The van der Waals surface area contributed by atoms with Crippen molar-refractivity contribution in [2.45, 2.75) is 27.3 Å². The van der Waals surface area contributed by atoms with Gasteiger partial charge in [0.15, 0.2) is 11.6 Å². The van der Waals surface area contributed by atoms with Gasteiger partial charge in [-0.2, -0.15) is 0 Å². The number of halogens is 2. The van der Waals surface area contributed by atoms with Gasteiger partial charge in [0.2, 0.25) is 0 Å². The number of carbonyl (C=O) groups excluding carboxylic acids is 1. The SMILES string of the molecule is CCN(CC)C(=O)Oc1ccc2c(ccn2Cc2cccc(C)c2)c1-c1ccc(F)c(F)c1. The highest BCUT2D eigenvalue weighted by Gasteiger charge is 2.20. The average Bonchev–Trinajstić information content (AvgIpc) is 3.19. The number of hydrogen-bond donors (Lipinski definition) is 0. The Bertz CT molecular complexity index is 1310. The zero-order valence-electron chi connectivity index (χ0n) is 18.9. The summed E-state index contributed by atoms with van der Waals surface area (Å²) in [5.74, 6) is -1.58. The number of fused-ring (bicyclic) bond motifs is 1. The van der Waals surface area contributed by atoms with Crippen molar-refractivity contribution >= 4 is 17.0 Å². The van der Waals surface area contributed by atoms with Crippen LogP contribution in [-0.2, 0) is 6.54 Å². The fraction of sp³-hybridized carbons (Fsp3) is 0.222. The summed E-state index contributed by atoms with van der Waals surface area (Å²) < 4.78 is 35.6. The number of nitrogens with zero attached hydrogens (tertiary/aromatic N) is 2. The maximum absolute atomic E-state index is 14.1. The zero-order chi connectivity index (χ0) is 23.5. The van der Waals surface area contributed by atoms with Gasteiger partial charge in [-0.05, 0) is 62.2 Å². The van der Waals surface area contributed by atoms with Gasteiger partial charge in [-0.3, -0.25) is 0 Å². The number of amides is 1. The highest BCUT2D eigenvalue weighted by molar-refractivity contribution is 5.99. The van der Waals surface area contributed by atoms with E-state index in [1.165, 1.54) is 11.6 Å². The maximum atomic E-state index is 14.1. The number of ether oxygens (including phenoxy) is 1. The summed E-state index contributed by atoms with van der Waals surface area (Å²) in [7, 11) is 0. The molecule has 4 nitrogen and oxygen atoms in total. The van der Waals surface area contributed by atoms with Crippen molar-refractivity contribution in [2.75, 3.05) is 13.1 Å². The van der Waals surface area contributed by atoms with Crippen LogP contribution in [-0.4, -0.2) is 28.6 Å². The molecule has 0 N–H and O–H groups in total. The van der Waals surface area contributed by atoms with Gasteiger partial charge in [0.05, 0.1) is 0 Å². The van der Waals surface area contributed by atoms with Crippen LogP contribution in [0.15, 0.2) is 66.9 Å². The highest BCUT2D eigenvalue weighted by Crippen LogP contribution is 2.38. The number of aryl methyl sites for hydroxylation is 1. The summed E-state index contributed by atoms with van der Waals surface area (Å²) in [6.07, 6.45) is 1.47. The third kappa shape index (κ3) is 4.60. The van der Waals surface area contributed by atoms with E-state index in [4.69, 9.17) is 4.74 Å². The van der Waals surface area contributed by atoms with Crippen LogP contribution in [0.4, 0.5) is 13.6 Å². The molecule has 4 rings (SSSR count). The summed E-state index contributed by atoms with van der Waals surface area (Å²) in [4.78, 5) is 14.2. The van der Waals surface area contributed by atoms with Crippen LogP contribution in [0.5, 0.6) is 5.75 Å². The monoisotopic (exact) mass is 448 g/mol. The fourth-order valence-electron chi connectivity index (χ4n) is 4.07. The first-order valence-corrected chi connectivity index (χ1v) is 11.0. The molecule has 0 saturated carbocycles. The van der Waals surface area contributed by atoms with Crippen LogP contribution >= 0.6 is 0 Å². The Kier molecular flexibility index (Phi) is 6.45. The normalized spacial score (nSPS) is 11.1. The first-order valence-electron chi connectivity index (χ1n) is 11.0. The van der Waals surface area contributed by atoms with Gasteiger partial charge in [-0.1, -0.05) is 35.9 Å². The number of hydrogen-bond acceptors (Lipinski definition) is 2. The minimum Gasteiger partial charge on any atom is -0.410 e. The van der Waals surface area contributed by atoms with E-state index in [0.29, 0.717) is 36.5 Å². The molecule has 0 aliphatic carbocycles. The van der Waals surface area contributed by atoms with Crippen LogP contribution in [0.2, 0.25) is 0 Å². The average molecular weight is 449 g/mol. The van der Waals surface area contributed by atoms with Gasteiger partial charge in [-0.15, -0.1) is 0 Å². The van der Waals surface area contributed by atoms with Crippen LogP contribution in [0.25, 0.3) is 22.0 Å². The highest BCUT2D eigenvalue weighted by atomic mass is 19.2. The Morgan fingerprint density at radius 1 is 0.970 bits per heavy atom. The lowest BCUT2D eigenvalue weighted by atomic mass is 10.00. The van der Waals surface area contributed by atoms with Crippen molar-refractivity contribution in [2.24, 2.45) is 0 Å². The van der Waals surface area contributed by atoms with E-state index < -0.39 is 17.7 Å². The topological polar surface area (TPSA) is 34.5 Å². The number of rotatable bonds is 6. The molecular formula is C27H26F2N2O2. The maximum Gasteiger partial charge on any atom is 0.415 e. The molecule has 4 aromatic rings. The molecule has 3 aromatic carbocycles. The minimum atomic E-state index is -0.954. The van der Waals surface area contributed by atoms with Crippen LogP contribution in [0.1, 0.15) is 25.0 Å². The Balaban J connectivity index is 1.83. The molecule has 6 heteroatoms. The number of benzene rings is 3. The second-order valence-electron chi connectivity index (χ2n) is 7.97. The van der Waals surface area contributed by atoms with Crippen molar-refractivity contribution < 1.29 is 18.3 Å². The van der Waals surface area contributed by atoms with Crippen LogP contribution < -0.4 is 4.74 Å². The molecule has 0 bridgehead atoms. The van der Waals surface area contributed by atoms with Crippen molar-refractivity contribution in [1.82, 2.24) is 9.47 Å². The van der Waals surface area contributed by atoms with Gasteiger partial charge >= 0.3 is 6.09 Å². The lowest BCUT2D eigenvalue weighted by Crippen LogP contribution is -2.33. The Morgan fingerprint density at radius 2 is 1.76 bits per heavy atom. The summed E-state index contributed by atoms with van der Waals surface area (Å²) >= 11 is 0. The second kappa shape index (κ2) is 9.45. The van der Waals surface area contributed by atoms with Gasteiger partial charge in [0.25, 0.3) is 0 Å². The van der Waals surface area contributed by atoms with Crippen molar-refractivity contribution in [3.05, 3.63) is 89.6 Å². The standard InChI is InChI=1S/C27H26F2N2O2/c1-4-30(5-2)27(32)33-25-12-11-24-21(26(25)20-9-10-22(28)23(29)16-20)13-14-31(24)17-19-8-6-7-18(3)15-19/h6-16H,4-5,17H2,1-3H3. The molecule has 0 fully saturated rings. The predicted octanol–water partition coefficient (Wildman–Crippen LogP) is 6.78. The molecule has 1 amide bonds. The molecule has 33 heavy (non-hydrogen) atoms. The first-order chi connectivity index (χ1) is 15.9. The minimum absolute atomic E-state index is 0.304. The molecule has 0 atom stereocenters. The summed E-state index contributed by atoms with van der Waals surface area (Å²) in [6, 6.07) is 17.5. The third-order valence-electron chi connectivity index (χ3n) is 5.78. The molecule has 0 radical (unpaired) electrons. The molecular weight excluding hydrogens is 422 g/mol. The summed E-state index contributed by atoms with van der Waals surface area (Å²) in [5, 5.41) is 0.790. The quantitative estimate of drug-likeness (QED) is 0.326.